The van der Waals surface area contributed by atoms with Crippen molar-refractivity contribution in [3.05, 3.63) is 86.8 Å². The molecule has 4 aromatic rings. The van der Waals surface area contributed by atoms with Gasteiger partial charge in [0.15, 0.2) is 5.82 Å². The number of aryl methyl sites for hydroxylation is 2. The Balaban J connectivity index is 1.34. The third-order valence-corrected chi connectivity index (χ3v) is 10.1. The summed E-state index contributed by atoms with van der Waals surface area (Å²) in [6, 6.07) is 12.8. The fourth-order valence-corrected chi connectivity index (χ4v) is 7.67. The van der Waals surface area contributed by atoms with E-state index in [0.29, 0.717) is 17.9 Å². The molecular weight excluding hydrogens is 627 g/mol. The molecule has 2 unspecified atom stereocenters. The van der Waals surface area contributed by atoms with Crippen molar-refractivity contribution in [2.75, 3.05) is 7.11 Å². The molecular formula is C37H41N5O5S. The summed E-state index contributed by atoms with van der Waals surface area (Å²) >= 11 is 1.66. The number of nitrogens with zero attached hydrogens (tertiary/aromatic N) is 5. The zero-order valence-corrected chi connectivity index (χ0v) is 29.7. The van der Waals surface area contributed by atoms with Crippen LogP contribution in [0.2, 0.25) is 0 Å². The lowest BCUT2D eigenvalue weighted by atomic mass is 9.96. The maximum absolute atomic E-state index is 13.5. The van der Waals surface area contributed by atoms with E-state index >= 15 is 0 Å². The predicted octanol–water partition coefficient (Wildman–Crippen LogP) is 6.70. The van der Waals surface area contributed by atoms with E-state index < -0.39 is 17.7 Å². The molecule has 0 saturated carbocycles. The number of esters is 2. The van der Waals surface area contributed by atoms with Gasteiger partial charge in [-0.1, -0.05) is 44.2 Å². The number of rotatable bonds is 7. The molecule has 10 nitrogen and oxygen atoms in total. The van der Waals surface area contributed by atoms with Gasteiger partial charge in [0.05, 0.1) is 19.2 Å². The van der Waals surface area contributed by atoms with E-state index in [-0.39, 0.29) is 30.2 Å². The van der Waals surface area contributed by atoms with Crippen LogP contribution in [-0.4, -0.2) is 62.0 Å². The minimum atomic E-state index is -0.679. The first-order valence-electron chi connectivity index (χ1n) is 16.1. The molecule has 0 radical (unpaired) electrons. The minimum absolute atomic E-state index is 0.0413. The summed E-state index contributed by atoms with van der Waals surface area (Å²) in [6.45, 7) is 15.8. The molecule has 0 bridgehead atoms. The van der Waals surface area contributed by atoms with Gasteiger partial charge in [-0.15, -0.1) is 21.5 Å². The third-order valence-electron chi connectivity index (χ3n) is 8.87. The second-order valence-corrected chi connectivity index (χ2v) is 15.0. The van der Waals surface area contributed by atoms with Crippen LogP contribution in [0.5, 0.6) is 0 Å². The second kappa shape index (κ2) is 12.4. The van der Waals surface area contributed by atoms with Gasteiger partial charge in [0.1, 0.15) is 28.5 Å². The Bertz CT molecular complexity index is 1960. The number of methoxy groups -OCH3 is 1. The van der Waals surface area contributed by atoms with Crippen LogP contribution in [0.15, 0.2) is 47.5 Å². The maximum atomic E-state index is 13.5. The van der Waals surface area contributed by atoms with Gasteiger partial charge in [0, 0.05) is 28.1 Å². The molecule has 1 amide bonds. The van der Waals surface area contributed by atoms with Crippen molar-refractivity contribution in [2.45, 2.75) is 86.0 Å². The number of carbonyl (C=O) groups is 3. The monoisotopic (exact) mass is 667 g/mol. The van der Waals surface area contributed by atoms with Crippen LogP contribution in [0, 0.1) is 26.7 Å². The Morgan fingerprint density at radius 3 is 2.31 bits per heavy atom. The van der Waals surface area contributed by atoms with Crippen LogP contribution in [0.25, 0.3) is 16.1 Å². The second-order valence-electron chi connectivity index (χ2n) is 13.8. The number of benzene rings is 2. The van der Waals surface area contributed by atoms with Crippen LogP contribution in [0.1, 0.15) is 96.2 Å². The highest BCUT2D eigenvalue weighted by Crippen LogP contribution is 2.40. The van der Waals surface area contributed by atoms with Crippen molar-refractivity contribution in [3.8, 4) is 16.1 Å². The van der Waals surface area contributed by atoms with Crippen molar-refractivity contribution in [2.24, 2.45) is 10.9 Å². The number of aliphatic imine (C=N–C) groups is 1. The van der Waals surface area contributed by atoms with Gasteiger partial charge < -0.3 is 14.4 Å². The van der Waals surface area contributed by atoms with Crippen molar-refractivity contribution in [1.82, 2.24) is 19.7 Å². The molecule has 2 atom stereocenters. The number of ether oxygens (including phenoxy) is 2. The lowest BCUT2D eigenvalue weighted by Gasteiger charge is -2.32. The average molecular weight is 668 g/mol. The molecule has 2 aromatic carbocycles. The first-order valence-corrected chi connectivity index (χ1v) is 16.9. The van der Waals surface area contributed by atoms with Gasteiger partial charge in [-0.25, -0.2) is 4.79 Å². The number of thiophene rings is 1. The quantitative estimate of drug-likeness (QED) is 0.202. The van der Waals surface area contributed by atoms with Gasteiger partial charge >= 0.3 is 11.9 Å². The predicted molar refractivity (Wildman–Crippen MR) is 185 cm³/mol. The number of aromatic nitrogens is 3. The molecule has 48 heavy (non-hydrogen) atoms. The van der Waals surface area contributed by atoms with Crippen LogP contribution >= 0.6 is 11.3 Å². The van der Waals surface area contributed by atoms with Crippen LogP contribution < -0.4 is 0 Å². The van der Waals surface area contributed by atoms with Crippen molar-refractivity contribution < 1.29 is 23.9 Å². The Kier molecular flexibility index (Phi) is 8.61. The van der Waals surface area contributed by atoms with Gasteiger partial charge in [0.2, 0.25) is 0 Å². The summed E-state index contributed by atoms with van der Waals surface area (Å²) in [6.07, 6.45) is 0.0413. The topological polar surface area (TPSA) is 116 Å². The summed E-state index contributed by atoms with van der Waals surface area (Å²) in [5, 5.41) is 9.75. The van der Waals surface area contributed by atoms with E-state index in [4.69, 9.17) is 14.5 Å². The van der Waals surface area contributed by atoms with Gasteiger partial charge in [-0.3, -0.25) is 19.1 Å². The van der Waals surface area contributed by atoms with Crippen LogP contribution in [0.3, 0.4) is 0 Å². The highest BCUT2D eigenvalue weighted by atomic mass is 32.1. The summed E-state index contributed by atoms with van der Waals surface area (Å²) in [5.74, 6) is 0.308. The largest absolute Gasteiger partial charge is 0.469 e. The highest BCUT2D eigenvalue weighted by Gasteiger charge is 2.40. The molecule has 4 heterocycles. The molecule has 6 rings (SSSR count). The summed E-state index contributed by atoms with van der Waals surface area (Å²) in [5.41, 5.74) is 6.59. The number of hydrogen-bond donors (Lipinski definition) is 0. The zero-order chi connectivity index (χ0) is 34.7. The Morgan fingerprint density at radius 2 is 1.67 bits per heavy atom. The van der Waals surface area contributed by atoms with E-state index in [0.717, 1.165) is 49.9 Å². The fourth-order valence-electron chi connectivity index (χ4n) is 6.46. The van der Waals surface area contributed by atoms with Gasteiger partial charge in [0.25, 0.3) is 5.91 Å². The lowest BCUT2D eigenvalue weighted by molar-refractivity contribution is -0.162. The van der Waals surface area contributed by atoms with Crippen LogP contribution in [-0.2, 0) is 25.6 Å². The third kappa shape index (κ3) is 5.96. The summed E-state index contributed by atoms with van der Waals surface area (Å²) in [4.78, 5) is 47.1. The van der Waals surface area contributed by atoms with E-state index in [1.54, 1.807) is 16.2 Å². The number of hydrogen-bond acceptors (Lipinski definition) is 9. The first kappa shape index (κ1) is 33.3. The molecule has 0 N–H and O–H groups in total. The normalized spacial score (nSPS) is 16.2. The summed E-state index contributed by atoms with van der Waals surface area (Å²) < 4.78 is 12.7. The molecule has 0 saturated heterocycles. The van der Waals surface area contributed by atoms with E-state index in [2.05, 4.69) is 24.0 Å². The molecule has 0 aliphatic carbocycles. The zero-order valence-electron chi connectivity index (χ0n) is 28.9. The van der Waals surface area contributed by atoms with Crippen molar-refractivity contribution >= 4 is 34.9 Å². The van der Waals surface area contributed by atoms with E-state index in [1.807, 2.05) is 88.6 Å². The molecule has 11 heteroatoms. The molecule has 250 valence electrons. The standard InChI is InChI=1S/C37H41N5O5S/c1-19(2)32(36(45)47-37(6,7)8)41-18-26-16-25(14-15-27(26)34(41)44)23-10-12-24(13-11-23)31-30-20(3)21(4)48-35(30)42-22(5)39-40-33(42)28(38-31)17-29(43)46-9/h10-16,19,28,32H,17-18H2,1-9H3. The van der Waals surface area contributed by atoms with Gasteiger partial charge in [-0.05, 0) is 81.8 Å². The van der Waals surface area contributed by atoms with Gasteiger partial charge in [-0.2, -0.15) is 0 Å². The molecule has 0 spiro atoms. The minimum Gasteiger partial charge on any atom is -0.469 e. The molecule has 2 aliphatic rings. The number of carbonyl (C=O) groups excluding carboxylic acids is 3. The van der Waals surface area contributed by atoms with Crippen molar-refractivity contribution in [3.63, 3.8) is 0 Å². The number of fused-ring (bicyclic) bond motifs is 4. The molecule has 2 aromatic heterocycles. The van der Waals surface area contributed by atoms with E-state index in [1.165, 1.54) is 12.0 Å². The first-order chi connectivity index (χ1) is 22.7. The average Bonchev–Trinajstić information content (AvgIpc) is 3.63. The summed E-state index contributed by atoms with van der Waals surface area (Å²) in [7, 11) is 1.37. The van der Waals surface area contributed by atoms with E-state index in [9.17, 15) is 14.4 Å². The van der Waals surface area contributed by atoms with Crippen molar-refractivity contribution in [1.29, 1.82) is 0 Å². The Morgan fingerprint density at radius 1 is 1.00 bits per heavy atom. The SMILES string of the molecule is COC(=O)CC1N=C(c2ccc(-c3ccc4c(c3)CN(C(C(=O)OC(C)(C)C)C(C)C)C4=O)cc2)c2c(sc(C)c2C)-n2c(C)nnc21. The highest BCUT2D eigenvalue weighted by molar-refractivity contribution is 7.15. The molecule has 2 aliphatic heterocycles. The van der Waals surface area contributed by atoms with Crippen LogP contribution in [0.4, 0.5) is 0 Å². The maximum Gasteiger partial charge on any atom is 0.329 e. The Labute approximate surface area is 284 Å². The fraction of sp³-hybridized carbons (Fsp3) is 0.405. The lowest BCUT2D eigenvalue weighted by Crippen LogP contribution is -2.47. The molecule has 0 fully saturated rings. The Hall–Kier alpha value is -4.64. The number of amides is 1. The smallest absolute Gasteiger partial charge is 0.329 e.